The van der Waals surface area contributed by atoms with Gasteiger partial charge in [0, 0.05) is 4.09 Å². The second kappa shape index (κ2) is 14.3. The first-order chi connectivity index (χ1) is 20.1. The van der Waals surface area contributed by atoms with E-state index in [-0.39, 0.29) is 40.3 Å². The van der Waals surface area contributed by atoms with Gasteiger partial charge in [0.05, 0.1) is 39.6 Å². The molecule has 3 rings (SSSR count). The largest absolute Gasteiger partial charge is 0.575 e. The number of nitrogens with one attached hydrogen (secondary N) is 2. The van der Waals surface area contributed by atoms with Crippen LogP contribution in [0.1, 0.15) is 34.1 Å². The van der Waals surface area contributed by atoms with Crippen LogP contribution in [-0.2, 0) is 30.9 Å². The Morgan fingerprint density at radius 3 is 2.17 bits per heavy atom. The molecule has 0 saturated heterocycles. The maximum Gasteiger partial charge on any atom is 0.421 e. The first-order valence-corrected chi connectivity index (χ1v) is 14.7. The second-order valence-electron chi connectivity index (χ2n) is 8.04. The monoisotopic (exact) mass is 621 g/mol. The lowest BCUT2D eigenvalue weighted by molar-refractivity contribution is -0.409. The predicted molar refractivity (Wildman–Crippen MR) is 150 cm³/mol. The van der Waals surface area contributed by atoms with Crippen molar-refractivity contribution >= 4 is 45.2 Å². The number of anilines is 1. The number of carbonyl (C=O) groups is 2. The van der Waals surface area contributed by atoms with Gasteiger partial charge in [-0.15, -0.1) is 4.83 Å². The molecule has 0 amide bonds. The molecule has 4 N–H and O–H groups in total. The fourth-order valence-electron chi connectivity index (χ4n) is 3.30. The molecule has 42 heavy (non-hydrogen) atoms. The van der Waals surface area contributed by atoms with E-state index in [1.165, 1.54) is 62.8 Å². The van der Waals surface area contributed by atoms with Gasteiger partial charge in [-0.3, -0.25) is 5.73 Å². The Bertz CT molecular complexity index is 1560. The normalized spacial score (nSPS) is 12.4. The third kappa shape index (κ3) is 7.56. The SMILES string of the molecule is CCCOC(=O)c1ccccc1S(=O)(=O)N[N+](=C(N)Nc1nc(OC)cc(OC)n1)[S+]([O-])c1ccccc1C(=O)OC. The molecule has 2 aromatic carbocycles. The number of benzene rings is 2. The van der Waals surface area contributed by atoms with Crippen LogP contribution in [0.4, 0.5) is 5.95 Å². The van der Waals surface area contributed by atoms with Crippen LogP contribution in [0.3, 0.4) is 0 Å². The predicted octanol–water partition coefficient (Wildman–Crippen LogP) is 1.20. The summed E-state index contributed by atoms with van der Waals surface area (Å²) in [6.45, 7) is 1.85. The van der Waals surface area contributed by atoms with Gasteiger partial charge in [0.2, 0.25) is 16.7 Å². The second-order valence-corrected chi connectivity index (χ2v) is 11.0. The zero-order valence-corrected chi connectivity index (χ0v) is 24.7. The van der Waals surface area contributed by atoms with Crippen LogP contribution in [0.2, 0.25) is 0 Å². The van der Waals surface area contributed by atoms with Gasteiger partial charge in [0.25, 0.3) is 16.0 Å². The van der Waals surface area contributed by atoms with Crippen molar-refractivity contribution in [3.63, 3.8) is 0 Å². The molecular weight excluding hydrogens is 592 g/mol. The summed E-state index contributed by atoms with van der Waals surface area (Å²) >= 11 is -2.53. The summed E-state index contributed by atoms with van der Waals surface area (Å²) in [5.41, 5.74) is 5.82. The van der Waals surface area contributed by atoms with Crippen molar-refractivity contribution < 1.29 is 45.6 Å². The van der Waals surface area contributed by atoms with Gasteiger partial charge in [0.15, 0.2) is 11.4 Å². The van der Waals surface area contributed by atoms with E-state index in [0.29, 0.717) is 10.5 Å². The summed E-state index contributed by atoms with van der Waals surface area (Å²) in [5.74, 6) is -2.37. The Balaban J connectivity index is 2.17. The quantitative estimate of drug-likeness (QED) is 0.0650. The number of carbonyl (C=O) groups excluding carboxylic acids is 2. The Labute approximate surface area is 245 Å². The van der Waals surface area contributed by atoms with Gasteiger partial charge < -0.3 is 23.5 Å². The molecule has 0 radical (unpaired) electrons. The Kier molecular flexibility index (Phi) is 10.9. The fraction of sp³-hybridized carbons (Fsp3) is 0.240. The number of methoxy groups -OCH3 is 3. The van der Waals surface area contributed by atoms with Crippen LogP contribution in [0.15, 0.2) is 64.4 Å². The lowest BCUT2D eigenvalue weighted by atomic mass is 10.2. The van der Waals surface area contributed by atoms with E-state index in [1.54, 1.807) is 6.92 Å². The highest BCUT2D eigenvalue weighted by atomic mass is 32.2. The van der Waals surface area contributed by atoms with Crippen LogP contribution in [0.5, 0.6) is 11.8 Å². The number of nitrogens with zero attached hydrogens (tertiary/aromatic N) is 3. The van der Waals surface area contributed by atoms with Gasteiger partial charge in [-0.25, -0.2) is 14.9 Å². The molecule has 0 aliphatic heterocycles. The number of nitrogens with two attached hydrogens (primary N) is 1. The maximum absolute atomic E-state index is 13.9. The Hall–Kier alpha value is -4.61. The molecule has 224 valence electrons. The van der Waals surface area contributed by atoms with Gasteiger partial charge in [-0.1, -0.05) is 31.2 Å². The lowest BCUT2D eigenvalue weighted by Gasteiger charge is -2.17. The minimum absolute atomic E-state index is 0.0652. The summed E-state index contributed by atoms with van der Waals surface area (Å²) in [5, 5.41) is 2.55. The number of esters is 2. The van der Waals surface area contributed by atoms with E-state index in [1.807, 2.05) is 0 Å². The highest BCUT2D eigenvalue weighted by molar-refractivity contribution is 7.90. The molecule has 0 saturated carbocycles. The van der Waals surface area contributed by atoms with E-state index >= 15 is 0 Å². The van der Waals surface area contributed by atoms with E-state index < -0.39 is 44.2 Å². The number of hydrogen-bond acceptors (Lipinski definition) is 11. The summed E-state index contributed by atoms with van der Waals surface area (Å²) < 4.78 is 61.9. The van der Waals surface area contributed by atoms with Crippen molar-refractivity contribution in [1.82, 2.24) is 14.8 Å². The smallest absolute Gasteiger partial charge is 0.421 e. The van der Waals surface area contributed by atoms with Crippen LogP contribution in [-0.4, -0.2) is 72.9 Å². The summed E-state index contributed by atoms with van der Waals surface area (Å²) in [4.78, 5) is 34.7. The third-order valence-electron chi connectivity index (χ3n) is 5.24. The Morgan fingerprint density at radius 1 is 0.976 bits per heavy atom. The molecule has 3 aromatic rings. The molecule has 0 aliphatic rings. The number of sulfonamides is 1. The first-order valence-electron chi connectivity index (χ1n) is 12.1. The van der Waals surface area contributed by atoms with Gasteiger partial charge in [-0.2, -0.15) is 18.4 Å². The number of hydrazine groups is 1. The molecule has 1 heterocycles. The van der Waals surface area contributed by atoms with Crippen molar-refractivity contribution in [2.75, 3.05) is 33.3 Å². The minimum Gasteiger partial charge on any atom is -0.575 e. The number of rotatable bonds is 12. The van der Waals surface area contributed by atoms with Crippen molar-refractivity contribution in [2.24, 2.45) is 5.73 Å². The van der Waals surface area contributed by atoms with Crippen molar-refractivity contribution in [2.45, 2.75) is 23.1 Å². The Morgan fingerprint density at radius 2 is 1.57 bits per heavy atom. The maximum atomic E-state index is 13.9. The molecule has 15 nitrogen and oxygen atoms in total. The zero-order chi connectivity index (χ0) is 30.9. The zero-order valence-electron chi connectivity index (χ0n) is 23.0. The van der Waals surface area contributed by atoms with Gasteiger partial charge in [-0.05, 0) is 30.7 Å². The summed E-state index contributed by atoms with van der Waals surface area (Å²) in [6.07, 6.45) is 0.513. The molecule has 0 fully saturated rings. The fourth-order valence-corrected chi connectivity index (χ4v) is 5.94. The molecule has 1 aromatic heterocycles. The van der Waals surface area contributed by atoms with Crippen LogP contribution in [0, 0.1) is 0 Å². The molecule has 17 heteroatoms. The number of guanidine groups is 1. The van der Waals surface area contributed by atoms with Crippen LogP contribution >= 0.6 is 0 Å². The van der Waals surface area contributed by atoms with E-state index in [0.717, 1.165) is 13.2 Å². The van der Waals surface area contributed by atoms with E-state index in [9.17, 15) is 22.6 Å². The third-order valence-corrected chi connectivity index (χ3v) is 8.06. The highest BCUT2D eigenvalue weighted by Crippen LogP contribution is 2.22. The van der Waals surface area contributed by atoms with E-state index in [4.69, 9.17) is 24.7 Å². The lowest BCUT2D eigenvalue weighted by Crippen LogP contribution is -2.48. The first kappa shape index (κ1) is 31.9. The number of aromatic nitrogens is 2. The summed E-state index contributed by atoms with van der Waals surface area (Å²) in [6, 6.07) is 12.3. The highest BCUT2D eigenvalue weighted by Gasteiger charge is 2.36. The van der Waals surface area contributed by atoms with Crippen molar-refractivity contribution in [3.8, 4) is 11.8 Å². The molecular formula is C25H29N6O9S2+. The van der Waals surface area contributed by atoms with Crippen molar-refractivity contribution in [1.29, 1.82) is 0 Å². The number of hydrogen-bond donors (Lipinski definition) is 3. The van der Waals surface area contributed by atoms with Gasteiger partial charge >= 0.3 is 17.9 Å². The minimum atomic E-state index is -4.68. The molecule has 1 unspecified atom stereocenters. The number of ether oxygens (including phenoxy) is 4. The molecule has 0 bridgehead atoms. The van der Waals surface area contributed by atoms with Crippen molar-refractivity contribution in [3.05, 3.63) is 65.7 Å². The average Bonchev–Trinajstić information content (AvgIpc) is 3.01. The summed E-state index contributed by atoms with van der Waals surface area (Å²) in [7, 11) is -0.852. The van der Waals surface area contributed by atoms with Crippen LogP contribution < -0.4 is 25.4 Å². The van der Waals surface area contributed by atoms with Crippen LogP contribution in [0.25, 0.3) is 0 Å². The topological polar surface area (TPSA) is 207 Å². The van der Waals surface area contributed by atoms with Gasteiger partial charge in [0.1, 0.15) is 10.5 Å². The number of hydrazone groups is 1. The molecule has 0 aliphatic carbocycles. The molecule has 1 atom stereocenters. The standard InChI is InChI=1S/C25H28N6O9S2/c1-5-14-40-23(33)17-11-7-9-13-19(17)42(35,36)30-31(41(34)18-12-8-6-10-16(18)22(32)39-4)24(26)29-25-27-20(37-2)15-21(28-25)38-3/h6-13,15,30H,5,14H2,1-4H3,(H2,26,27,28,29)/p+1. The van der Waals surface area contributed by atoms with E-state index in [2.05, 4.69) is 20.1 Å². The molecule has 0 spiro atoms. The average molecular weight is 622 g/mol.